The molecule has 2 rings (SSSR count). The number of amides is 2. The van der Waals surface area contributed by atoms with Gasteiger partial charge >= 0.3 is 11.8 Å². The lowest BCUT2D eigenvalue weighted by Gasteiger charge is -2.30. The van der Waals surface area contributed by atoms with Crippen molar-refractivity contribution in [3.8, 4) is 5.75 Å². The van der Waals surface area contributed by atoms with E-state index in [1.807, 2.05) is 13.0 Å². The first-order chi connectivity index (χ1) is 10.6. The summed E-state index contributed by atoms with van der Waals surface area (Å²) in [4.78, 5) is 26.1. The zero-order valence-electron chi connectivity index (χ0n) is 13.3. The second kappa shape index (κ2) is 7.82. The minimum atomic E-state index is -0.611. The first-order valence-corrected chi connectivity index (χ1v) is 7.93. The molecule has 1 N–H and O–H groups in total. The van der Waals surface area contributed by atoms with Crippen molar-refractivity contribution in [2.24, 2.45) is 0 Å². The molecule has 0 aliphatic heterocycles. The van der Waals surface area contributed by atoms with Gasteiger partial charge in [0.05, 0.1) is 12.3 Å². The number of hydrogen-bond donors (Lipinski definition) is 1. The van der Waals surface area contributed by atoms with Crippen LogP contribution in [0.4, 0.5) is 5.69 Å². The van der Waals surface area contributed by atoms with Crippen molar-refractivity contribution in [2.75, 3.05) is 19.0 Å². The molecule has 0 atom stereocenters. The highest BCUT2D eigenvalue weighted by Crippen LogP contribution is 2.24. The molecule has 1 aromatic carbocycles. The number of carbonyl (C=O) groups excluding carboxylic acids is 2. The van der Waals surface area contributed by atoms with Crippen LogP contribution in [0, 0.1) is 0 Å². The van der Waals surface area contributed by atoms with Gasteiger partial charge in [0.15, 0.2) is 0 Å². The maximum atomic E-state index is 12.3. The van der Waals surface area contributed by atoms with E-state index in [0.29, 0.717) is 18.0 Å². The fraction of sp³-hybridized carbons (Fsp3) is 0.529. The summed E-state index contributed by atoms with van der Waals surface area (Å²) in [6.45, 7) is 2.38. The number of nitrogens with zero attached hydrogens (tertiary/aromatic N) is 1. The van der Waals surface area contributed by atoms with Crippen LogP contribution < -0.4 is 10.1 Å². The second-order valence-electron chi connectivity index (χ2n) is 5.59. The van der Waals surface area contributed by atoms with E-state index < -0.39 is 11.8 Å². The molecule has 0 spiro atoms. The van der Waals surface area contributed by atoms with Crippen LogP contribution in [0.25, 0.3) is 0 Å². The van der Waals surface area contributed by atoms with E-state index in [1.165, 1.54) is 6.42 Å². The average Bonchev–Trinajstić information content (AvgIpc) is 2.56. The number of likely N-dealkylation sites (N-methyl/N-ethyl adjacent to an activating group) is 1. The van der Waals surface area contributed by atoms with E-state index in [1.54, 1.807) is 30.1 Å². The summed E-state index contributed by atoms with van der Waals surface area (Å²) >= 11 is 0. The molecule has 1 aromatic rings. The van der Waals surface area contributed by atoms with Crippen LogP contribution in [-0.4, -0.2) is 36.4 Å². The van der Waals surface area contributed by atoms with E-state index in [9.17, 15) is 9.59 Å². The fourth-order valence-electron chi connectivity index (χ4n) is 2.82. The monoisotopic (exact) mass is 304 g/mol. The molecule has 1 aliphatic rings. The molecule has 1 fully saturated rings. The number of para-hydroxylation sites is 2. The predicted octanol–water partition coefficient (Wildman–Crippen LogP) is 2.81. The van der Waals surface area contributed by atoms with Gasteiger partial charge in [-0.1, -0.05) is 31.4 Å². The predicted molar refractivity (Wildman–Crippen MR) is 85.9 cm³/mol. The van der Waals surface area contributed by atoms with Gasteiger partial charge in [0.1, 0.15) is 5.75 Å². The summed E-state index contributed by atoms with van der Waals surface area (Å²) in [7, 11) is 1.71. The largest absolute Gasteiger partial charge is 0.492 e. The Kier molecular flexibility index (Phi) is 5.81. The van der Waals surface area contributed by atoms with Gasteiger partial charge in [0, 0.05) is 13.1 Å². The van der Waals surface area contributed by atoms with Crippen LogP contribution in [0.5, 0.6) is 5.75 Å². The van der Waals surface area contributed by atoms with Crippen LogP contribution in [-0.2, 0) is 9.59 Å². The molecular formula is C17H24N2O3. The smallest absolute Gasteiger partial charge is 0.314 e. The molecular weight excluding hydrogens is 280 g/mol. The zero-order valence-corrected chi connectivity index (χ0v) is 13.3. The summed E-state index contributed by atoms with van der Waals surface area (Å²) < 4.78 is 5.45. The first-order valence-electron chi connectivity index (χ1n) is 7.93. The lowest BCUT2D eigenvalue weighted by Crippen LogP contribution is -2.44. The maximum Gasteiger partial charge on any atom is 0.314 e. The van der Waals surface area contributed by atoms with Gasteiger partial charge in [-0.05, 0) is 31.9 Å². The Labute approximate surface area is 131 Å². The maximum absolute atomic E-state index is 12.3. The zero-order chi connectivity index (χ0) is 15.9. The van der Waals surface area contributed by atoms with Crippen LogP contribution in [0.15, 0.2) is 24.3 Å². The SMILES string of the molecule is CCOc1ccccc1NC(=O)C(=O)N(C)C1CCCCC1. The Morgan fingerprint density at radius 3 is 2.59 bits per heavy atom. The van der Waals surface area contributed by atoms with E-state index in [0.717, 1.165) is 25.7 Å². The van der Waals surface area contributed by atoms with Crippen molar-refractivity contribution in [2.45, 2.75) is 45.1 Å². The quantitative estimate of drug-likeness (QED) is 0.870. The highest BCUT2D eigenvalue weighted by Gasteiger charge is 2.27. The molecule has 0 aromatic heterocycles. The highest BCUT2D eigenvalue weighted by atomic mass is 16.5. The van der Waals surface area contributed by atoms with Gasteiger partial charge in [0.2, 0.25) is 0 Å². The number of benzene rings is 1. The number of hydrogen-bond acceptors (Lipinski definition) is 3. The molecule has 0 radical (unpaired) electrons. The molecule has 22 heavy (non-hydrogen) atoms. The minimum Gasteiger partial charge on any atom is -0.492 e. The molecule has 5 nitrogen and oxygen atoms in total. The van der Waals surface area contributed by atoms with E-state index in [4.69, 9.17) is 4.74 Å². The normalized spacial score (nSPS) is 15.2. The number of nitrogens with one attached hydrogen (secondary N) is 1. The molecule has 0 bridgehead atoms. The van der Waals surface area contributed by atoms with E-state index in [2.05, 4.69) is 5.32 Å². The molecule has 0 heterocycles. The molecule has 0 unspecified atom stereocenters. The number of carbonyl (C=O) groups is 2. The van der Waals surface area contributed by atoms with Crippen LogP contribution >= 0.6 is 0 Å². The third-order valence-corrected chi connectivity index (χ3v) is 4.07. The Bertz CT molecular complexity index is 524. The Morgan fingerprint density at radius 1 is 1.23 bits per heavy atom. The molecule has 1 saturated carbocycles. The fourth-order valence-corrected chi connectivity index (χ4v) is 2.82. The van der Waals surface area contributed by atoms with Crippen molar-refractivity contribution in [1.82, 2.24) is 4.90 Å². The third kappa shape index (κ3) is 4.00. The Balaban J connectivity index is 2.00. The van der Waals surface area contributed by atoms with Crippen molar-refractivity contribution in [3.05, 3.63) is 24.3 Å². The summed E-state index contributed by atoms with van der Waals surface area (Å²) in [5, 5.41) is 2.66. The number of rotatable bonds is 4. The van der Waals surface area contributed by atoms with Crippen LogP contribution in [0.2, 0.25) is 0 Å². The summed E-state index contributed by atoms with van der Waals surface area (Å²) in [5.41, 5.74) is 0.528. The summed E-state index contributed by atoms with van der Waals surface area (Å²) in [5.74, 6) is -0.523. The lowest BCUT2D eigenvalue weighted by atomic mass is 9.94. The van der Waals surface area contributed by atoms with E-state index in [-0.39, 0.29) is 6.04 Å². The summed E-state index contributed by atoms with van der Waals surface area (Å²) in [6, 6.07) is 7.31. The first kappa shape index (κ1) is 16.3. The van der Waals surface area contributed by atoms with Gasteiger partial charge in [0.25, 0.3) is 0 Å². The molecule has 2 amide bonds. The average molecular weight is 304 g/mol. The van der Waals surface area contributed by atoms with Gasteiger partial charge < -0.3 is 15.0 Å². The second-order valence-corrected chi connectivity index (χ2v) is 5.59. The van der Waals surface area contributed by atoms with Crippen molar-refractivity contribution in [3.63, 3.8) is 0 Å². The van der Waals surface area contributed by atoms with E-state index >= 15 is 0 Å². The van der Waals surface area contributed by atoms with Gasteiger partial charge in [-0.3, -0.25) is 9.59 Å². The Morgan fingerprint density at radius 2 is 1.91 bits per heavy atom. The van der Waals surface area contributed by atoms with Crippen LogP contribution in [0.3, 0.4) is 0 Å². The summed E-state index contributed by atoms with van der Waals surface area (Å²) in [6.07, 6.45) is 5.41. The third-order valence-electron chi connectivity index (χ3n) is 4.07. The molecule has 0 saturated heterocycles. The molecule has 1 aliphatic carbocycles. The number of anilines is 1. The van der Waals surface area contributed by atoms with Crippen molar-refractivity contribution < 1.29 is 14.3 Å². The number of ether oxygens (including phenoxy) is 1. The standard InChI is InChI=1S/C17H24N2O3/c1-3-22-15-12-8-7-11-14(15)18-16(20)17(21)19(2)13-9-5-4-6-10-13/h7-8,11-13H,3-6,9-10H2,1-2H3,(H,18,20). The van der Waals surface area contributed by atoms with Gasteiger partial charge in [-0.15, -0.1) is 0 Å². The van der Waals surface area contributed by atoms with Gasteiger partial charge in [-0.2, -0.15) is 0 Å². The minimum absolute atomic E-state index is 0.175. The van der Waals surface area contributed by atoms with Crippen molar-refractivity contribution >= 4 is 17.5 Å². The van der Waals surface area contributed by atoms with Crippen molar-refractivity contribution in [1.29, 1.82) is 0 Å². The topological polar surface area (TPSA) is 58.6 Å². The highest BCUT2D eigenvalue weighted by molar-refractivity contribution is 6.39. The lowest BCUT2D eigenvalue weighted by molar-refractivity contribution is -0.144. The molecule has 120 valence electrons. The van der Waals surface area contributed by atoms with Crippen LogP contribution in [0.1, 0.15) is 39.0 Å². The van der Waals surface area contributed by atoms with Gasteiger partial charge in [-0.25, -0.2) is 0 Å². The Hall–Kier alpha value is -2.04. The molecule has 5 heteroatoms.